The number of nitrogens with one attached hydrogen (secondary N) is 1. The van der Waals surface area contributed by atoms with Gasteiger partial charge in [-0.1, -0.05) is 30.3 Å². The van der Waals surface area contributed by atoms with Crippen LogP contribution in [-0.2, 0) is 28.5 Å². The number of carboxylic acid groups (broad SMARTS) is 1. The van der Waals surface area contributed by atoms with Crippen molar-refractivity contribution >= 4 is 22.9 Å². The smallest absolute Gasteiger partial charge is 0.337 e. The van der Waals surface area contributed by atoms with Crippen molar-refractivity contribution in [2.45, 2.75) is 78.6 Å². The van der Waals surface area contributed by atoms with Gasteiger partial charge in [-0.15, -0.1) is 0 Å². The summed E-state index contributed by atoms with van der Waals surface area (Å²) in [4.78, 5) is 31.4. The zero-order chi connectivity index (χ0) is 32.1. The summed E-state index contributed by atoms with van der Waals surface area (Å²) in [6.07, 6.45) is -0.0236. The number of carboxylic acids is 1. The summed E-state index contributed by atoms with van der Waals surface area (Å²) in [5.41, 5.74) is 3.52. The van der Waals surface area contributed by atoms with Crippen molar-refractivity contribution < 1.29 is 28.6 Å². The van der Waals surface area contributed by atoms with Crippen LogP contribution in [0.1, 0.15) is 85.6 Å². The lowest BCUT2D eigenvalue weighted by atomic mass is 9.86. The van der Waals surface area contributed by atoms with Gasteiger partial charge < -0.3 is 24.5 Å². The Morgan fingerprint density at radius 1 is 1.11 bits per heavy atom. The molecule has 1 aliphatic heterocycles. The molecule has 3 heterocycles. The van der Waals surface area contributed by atoms with E-state index in [0.29, 0.717) is 52.1 Å². The van der Waals surface area contributed by atoms with Crippen molar-refractivity contribution in [1.29, 1.82) is 0 Å². The molecular formula is C35H40FN3O5. The van der Waals surface area contributed by atoms with Crippen molar-refractivity contribution in [1.82, 2.24) is 14.9 Å². The Hall–Kier alpha value is -4.24. The molecule has 232 valence electrons. The molecule has 9 heteroatoms. The van der Waals surface area contributed by atoms with E-state index >= 15 is 4.39 Å². The number of aryl methyl sites for hydroxylation is 2. The number of rotatable bonds is 7. The van der Waals surface area contributed by atoms with Crippen LogP contribution in [-0.4, -0.2) is 38.7 Å². The monoisotopic (exact) mass is 601 g/mol. The van der Waals surface area contributed by atoms with Crippen LogP contribution in [0.25, 0.3) is 22.2 Å². The van der Waals surface area contributed by atoms with E-state index in [1.165, 1.54) is 6.07 Å². The Bertz CT molecular complexity index is 1770. The van der Waals surface area contributed by atoms with Crippen molar-refractivity contribution in [3.8, 4) is 16.9 Å². The van der Waals surface area contributed by atoms with Crippen LogP contribution in [0.2, 0.25) is 0 Å². The lowest BCUT2D eigenvalue weighted by Crippen LogP contribution is -2.41. The third kappa shape index (κ3) is 5.68. The number of carbonyl (C=O) groups is 2. The van der Waals surface area contributed by atoms with Crippen molar-refractivity contribution in [3.05, 3.63) is 81.9 Å². The maximum Gasteiger partial charge on any atom is 0.337 e. The molecule has 8 nitrogen and oxygen atoms in total. The van der Waals surface area contributed by atoms with Gasteiger partial charge in [0.05, 0.1) is 17.7 Å². The molecule has 2 N–H and O–H groups in total. The molecule has 44 heavy (non-hydrogen) atoms. The van der Waals surface area contributed by atoms with Gasteiger partial charge in [0, 0.05) is 34.8 Å². The first kappa shape index (κ1) is 31.2. The van der Waals surface area contributed by atoms with E-state index in [1.54, 1.807) is 45.4 Å². The Morgan fingerprint density at radius 2 is 1.80 bits per heavy atom. The van der Waals surface area contributed by atoms with Gasteiger partial charge in [-0.2, -0.15) is 0 Å². The number of pyridine rings is 1. The predicted molar refractivity (Wildman–Crippen MR) is 168 cm³/mol. The summed E-state index contributed by atoms with van der Waals surface area (Å²) < 4.78 is 29.2. The molecule has 0 bridgehead atoms. The van der Waals surface area contributed by atoms with Crippen LogP contribution in [0.5, 0.6) is 5.75 Å². The second-order valence-electron chi connectivity index (χ2n) is 13.0. The highest BCUT2D eigenvalue weighted by Gasteiger charge is 2.35. The number of carbonyl (C=O) groups excluding carboxylic acids is 1. The van der Waals surface area contributed by atoms with E-state index < -0.39 is 29.0 Å². The number of aromatic nitrogens is 2. The third-order valence-electron chi connectivity index (χ3n) is 8.22. The highest BCUT2D eigenvalue weighted by molar-refractivity contribution is 6.05. The fourth-order valence-corrected chi connectivity index (χ4v) is 6.06. The first-order valence-corrected chi connectivity index (χ1v) is 14.8. The highest BCUT2D eigenvalue weighted by atomic mass is 19.1. The van der Waals surface area contributed by atoms with Gasteiger partial charge in [-0.3, -0.25) is 4.79 Å². The molecule has 0 aliphatic carbocycles. The molecule has 1 aliphatic rings. The minimum atomic E-state index is -1.40. The van der Waals surface area contributed by atoms with Crippen LogP contribution in [0.3, 0.4) is 0 Å². The van der Waals surface area contributed by atoms with Crippen LogP contribution in [0.15, 0.2) is 42.5 Å². The standard InChI is InChI=1S/C35H40FN3O5/c1-19-22-15-12-16-43-29(22)25(36)17-23(19)28-24-18-26(32(40)38-35(6,7)21-13-10-9-11-14-21)39(8)31(24)37-20(2)27(28)30(33(41)42)44-34(3,4)5/h9-11,13-14,17-18,30H,12,15-16H2,1-8H3,(H,38,40)(H,41,42)/t30-/m0/s1. The lowest BCUT2D eigenvalue weighted by Gasteiger charge is -2.29. The number of amides is 1. The molecule has 0 fully saturated rings. The van der Waals surface area contributed by atoms with Crippen LogP contribution >= 0.6 is 0 Å². The van der Waals surface area contributed by atoms with Gasteiger partial charge in [-0.25, -0.2) is 14.2 Å². The number of halogens is 1. The average Bonchev–Trinajstić information content (AvgIpc) is 3.28. The molecule has 0 unspecified atom stereocenters. The summed E-state index contributed by atoms with van der Waals surface area (Å²) in [6, 6.07) is 12.8. The molecule has 5 rings (SSSR count). The zero-order valence-corrected chi connectivity index (χ0v) is 26.6. The minimum absolute atomic E-state index is 0.234. The van der Waals surface area contributed by atoms with E-state index in [0.717, 1.165) is 23.1 Å². The Morgan fingerprint density at radius 3 is 2.43 bits per heavy atom. The van der Waals surface area contributed by atoms with Gasteiger partial charge in [-0.05, 0) is 90.1 Å². The quantitative estimate of drug-likeness (QED) is 0.238. The molecule has 0 spiro atoms. The van der Waals surface area contributed by atoms with E-state index in [9.17, 15) is 14.7 Å². The molecular weight excluding hydrogens is 561 g/mol. The summed E-state index contributed by atoms with van der Waals surface area (Å²) in [5, 5.41) is 14.1. The van der Waals surface area contributed by atoms with Crippen LogP contribution in [0, 0.1) is 19.7 Å². The van der Waals surface area contributed by atoms with Gasteiger partial charge in [0.2, 0.25) is 0 Å². The van der Waals surface area contributed by atoms with Crippen molar-refractivity contribution in [2.75, 3.05) is 6.61 Å². The Labute approximate surface area is 257 Å². The number of fused-ring (bicyclic) bond motifs is 2. The van der Waals surface area contributed by atoms with Crippen molar-refractivity contribution in [3.63, 3.8) is 0 Å². The maximum absolute atomic E-state index is 15.7. The lowest BCUT2D eigenvalue weighted by molar-refractivity contribution is -0.160. The van der Waals surface area contributed by atoms with Crippen molar-refractivity contribution in [2.24, 2.45) is 7.05 Å². The molecule has 4 aromatic rings. The molecule has 0 saturated heterocycles. The summed E-state index contributed by atoms with van der Waals surface area (Å²) in [5.74, 6) is -1.80. The average molecular weight is 602 g/mol. The minimum Gasteiger partial charge on any atom is -0.490 e. The van der Waals surface area contributed by atoms with Crippen LogP contribution in [0.4, 0.5) is 4.39 Å². The SMILES string of the molecule is Cc1nc2c(cc(C(=O)NC(C)(C)c3ccccc3)n2C)c(-c2cc(F)c3c(c2C)CCCO3)c1[C@H](OC(C)(C)C)C(=O)O. The van der Waals surface area contributed by atoms with Crippen LogP contribution < -0.4 is 10.1 Å². The van der Waals surface area contributed by atoms with Gasteiger partial charge >= 0.3 is 5.97 Å². The number of hydrogen-bond acceptors (Lipinski definition) is 5. The first-order valence-electron chi connectivity index (χ1n) is 14.8. The molecule has 0 radical (unpaired) electrons. The molecule has 1 amide bonds. The third-order valence-corrected chi connectivity index (χ3v) is 8.22. The fourth-order valence-electron chi connectivity index (χ4n) is 6.06. The summed E-state index contributed by atoms with van der Waals surface area (Å²) in [6.45, 7) is 13.3. The molecule has 1 atom stereocenters. The van der Waals surface area contributed by atoms with Gasteiger partial charge in [0.1, 0.15) is 11.3 Å². The largest absolute Gasteiger partial charge is 0.490 e. The predicted octanol–water partition coefficient (Wildman–Crippen LogP) is 6.93. The zero-order valence-electron chi connectivity index (χ0n) is 26.6. The number of ether oxygens (including phenoxy) is 2. The topological polar surface area (TPSA) is 103 Å². The number of benzene rings is 2. The number of hydrogen-bond donors (Lipinski definition) is 2. The van der Waals surface area contributed by atoms with Gasteiger partial charge in [0.15, 0.2) is 17.7 Å². The van der Waals surface area contributed by atoms with Gasteiger partial charge in [0.25, 0.3) is 5.91 Å². The molecule has 0 saturated carbocycles. The normalized spacial score (nSPS) is 14.2. The van der Waals surface area contributed by atoms with E-state index in [4.69, 9.17) is 14.5 Å². The fraction of sp³-hybridized carbons (Fsp3) is 0.400. The number of aliphatic carboxylic acids is 1. The molecule has 2 aromatic carbocycles. The second kappa shape index (κ2) is 11.4. The summed E-state index contributed by atoms with van der Waals surface area (Å²) in [7, 11) is 1.75. The van der Waals surface area contributed by atoms with E-state index in [1.807, 2.05) is 51.1 Å². The Kier molecular flexibility index (Phi) is 8.05. The first-order chi connectivity index (χ1) is 20.6. The van der Waals surface area contributed by atoms with E-state index in [-0.39, 0.29) is 11.7 Å². The number of nitrogens with zero attached hydrogens (tertiary/aromatic N) is 2. The Balaban J connectivity index is 1.78. The highest BCUT2D eigenvalue weighted by Crippen LogP contribution is 2.45. The maximum atomic E-state index is 15.7. The molecule has 2 aromatic heterocycles. The van der Waals surface area contributed by atoms with E-state index in [2.05, 4.69) is 5.32 Å². The summed E-state index contributed by atoms with van der Waals surface area (Å²) >= 11 is 0. The second-order valence-corrected chi connectivity index (χ2v) is 13.0.